The van der Waals surface area contributed by atoms with Gasteiger partial charge in [-0.25, -0.2) is 15.0 Å². The quantitative estimate of drug-likeness (QED) is 0.540. The summed E-state index contributed by atoms with van der Waals surface area (Å²) in [4.78, 5) is 14.2. The molecule has 0 unspecified atom stereocenters. The van der Waals surface area contributed by atoms with Crippen molar-refractivity contribution in [3.63, 3.8) is 0 Å². The second-order valence-corrected chi connectivity index (χ2v) is 6.37. The summed E-state index contributed by atoms with van der Waals surface area (Å²) in [6.07, 6.45) is 5.28. The molecule has 0 aliphatic carbocycles. The molecule has 3 heterocycles. The van der Waals surface area contributed by atoms with E-state index in [9.17, 15) is 0 Å². The van der Waals surface area contributed by atoms with Crippen molar-refractivity contribution in [1.29, 1.82) is 0 Å². The minimum absolute atomic E-state index is 0.725. The zero-order valence-electron chi connectivity index (χ0n) is 14.6. The molecule has 25 heavy (non-hydrogen) atoms. The predicted octanol–water partition coefficient (Wildman–Crippen LogP) is 5.03. The van der Waals surface area contributed by atoms with E-state index >= 15 is 0 Å². The summed E-state index contributed by atoms with van der Waals surface area (Å²) < 4.78 is 0. The Balaban J connectivity index is 0.000000880. The van der Waals surface area contributed by atoms with Crippen LogP contribution >= 0.6 is 11.8 Å². The summed E-state index contributed by atoms with van der Waals surface area (Å²) >= 11 is 1.64. The van der Waals surface area contributed by atoms with Crippen molar-refractivity contribution >= 4 is 29.1 Å². The van der Waals surface area contributed by atoms with E-state index < -0.39 is 0 Å². The van der Waals surface area contributed by atoms with Gasteiger partial charge in [-0.3, -0.25) is 0 Å². The van der Waals surface area contributed by atoms with E-state index in [0.717, 1.165) is 39.4 Å². The van der Waals surface area contributed by atoms with E-state index in [0.29, 0.717) is 0 Å². The molecule has 6 heteroatoms. The van der Waals surface area contributed by atoms with Gasteiger partial charge >= 0.3 is 0 Å². The predicted molar refractivity (Wildman–Crippen MR) is 104 cm³/mol. The van der Waals surface area contributed by atoms with Gasteiger partial charge in [0.2, 0.25) is 0 Å². The van der Waals surface area contributed by atoms with Crippen LogP contribution in [0.25, 0.3) is 0 Å². The first-order valence-corrected chi connectivity index (χ1v) is 9.15. The average Bonchev–Trinajstić information content (AvgIpc) is 2.67. The van der Waals surface area contributed by atoms with Gasteiger partial charge in [-0.15, -0.1) is 0 Å². The Bertz CT molecular complexity index is 849. The summed E-state index contributed by atoms with van der Waals surface area (Å²) in [5.74, 6) is 1.70. The van der Waals surface area contributed by atoms with E-state index in [2.05, 4.69) is 49.9 Å². The molecule has 5 nitrogen and oxygen atoms in total. The second kappa shape index (κ2) is 7.98. The molecule has 0 bridgehead atoms. The summed E-state index contributed by atoms with van der Waals surface area (Å²) in [5, 5.41) is 7.60. The maximum absolute atomic E-state index is 4.36. The van der Waals surface area contributed by atoms with Crippen molar-refractivity contribution < 1.29 is 0 Å². The summed E-state index contributed by atoms with van der Waals surface area (Å²) in [7, 11) is 0. The monoisotopic (exact) mass is 351 g/mol. The maximum atomic E-state index is 4.36. The van der Waals surface area contributed by atoms with Crippen LogP contribution in [0.2, 0.25) is 0 Å². The van der Waals surface area contributed by atoms with Crippen LogP contribution in [0.4, 0.5) is 17.3 Å². The third-order valence-corrected chi connectivity index (χ3v) is 4.62. The van der Waals surface area contributed by atoms with Crippen LogP contribution in [0, 0.1) is 6.92 Å². The Morgan fingerprint density at radius 1 is 1.04 bits per heavy atom. The van der Waals surface area contributed by atoms with E-state index in [1.54, 1.807) is 24.2 Å². The highest BCUT2D eigenvalue weighted by molar-refractivity contribution is 7.99. The van der Waals surface area contributed by atoms with Crippen LogP contribution in [-0.4, -0.2) is 15.0 Å². The van der Waals surface area contributed by atoms with Gasteiger partial charge in [-0.2, -0.15) is 0 Å². The molecular weight excluding hydrogens is 330 g/mol. The summed E-state index contributed by atoms with van der Waals surface area (Å²) in [5.41, 5.74) is 3.41. The molecule has 1 aliphatic rings. The van der Waals surface area contributed by atoms with Crippen LogP contribution in [0.3, 0.4) is 0 Å². The number of nitrogens with one attached hydrogen (secondary N) is 2. The summed E-state index contributed by atoms with van der Waals surface area (Å²) in [6, 6.07) is 10.4. The van der Waals surface area contributed by atoms with Crippen molar-refractivity contribution in [1.82, 2.24) is 15.0 Å². The first-order valence-electron chi connectivity index (χ1n) is 8.33. The maximum Gasteiger partial charge on any atom is 0.163 e. The van der Waals surface area contributed by atoms with Gasteiger partial charge in [0.25, 0.3) is 0 Å². The molecule has 0 amide bonds. The van der Waals surface area contributed by atoms with Gasteiger partial charge in [0, 0.05) is 30.0 Å². The number of fused-ring (bicyclic) bond motifs is 2. The molecule has 2 aromatic heterocycles. The molecule has 0 saturated carbocycles. The van der Waals surface area contributed by atoms with Crippen LogP contribution in [0.1, 0.15) is 25.0 Å². The Hall–Kier alpha value is -2.60. The highest BCUT2D eigenvalue weighted by Gasteiger charge is 2.17. The Labute approximate surface area is 152 Å². The largest absolute Gasteiger partial charge is 0.366 e. The van der Waals surface area contributed by atoms with E-state index in [4.69, 9.17) is 0 Å². The molecule has 0 atom stereocenters. The zero-order valence-corrected chi connectivity index (χ0v) is 15.4. The lowest BCUT2D eigenvalue weighted by atomic mass is 10.2. The number of rotatable bonds is 3. The van der Waals surface area contributed by atoms with Crippen LogP contribution in [0.5, 0.6) is 0 Å². The second-order valence-electron chi connectivity index (χ2n) is 5.34. The van der Waals surface area contributed by atoms with Gasteiger partial charge in [0.15, 0.2) is 5.82 Å². The molecule has 0 saturated heterocycles. The van der Waals surface area contributed by atoms with E-state index in [-0.39, 0.29) is 0 Å². The van der Waals surface area contributed by atoms with E-state index in [1.807, 2.05) is 33.0 Å². The third-order valence-electron chi connectivity index (χ3n) is 3.55. The third kappa shape index (κ3) is 4.09. The van der Waals surface area contributed by atoms with Crippen LogP contribution < -0.4 is 10.6 Å². The summed E-state index contributed by atoms with van der Waals surface area (Å²) in [6.45, 7) is 6.76. The molecule has 0 radical (unpaired) electrons. The fourth-order valence-corrected chi connectivity index (χ4v) is 3.23. The lowest BCUT2D eigenvalue weighted by Crippen LogP contribution is -2.06. The molecule has 0 spiro atoms. The topological polar surface area (TPSA) is 62.7 Å². The number of benzene rings is 1. The van der Waals surface area contributed by atoms with Gasteiger partial charge in [-0.1, -0.05) is 37.7 Å². The average molecular weight is 351 g/mol. The van der Waals surface area contributed by atoms with Gasteiger partial charge in [-0.05, 0) is 36.2 Å². The Morgan fingerprint density at radius 2 is 1.88 bits per heavy atom. The SMILES string of the molecule is CC.Cc1ccc(NCc2ccc3c(c2)Nc2nccnc2S3)nc1. The fraction of sp³-hybridized carbons (Fsp3) is 0.211. The van der Waals surface area contributed by atoms with Gasteiger partial charge < -0.3 is 10.6 Å². The highest BCUT2D eigenvalue weighted by Crippen LogP contribution is 2.41. The molecule has 3 aromatic rings. The smallest absolute Gasteiger partial charge is 0.163 e. The number of anilines is 3. The molecule has 4 rings (SSSR count). The van der Waals surface area contributed by atoms with Crippen LogP contribution in [-0.2, 0) is 6.54 Å². The zero-order chi connectivity index (χ0) is 17.6. The number of aromatic nitrogens is 3. The Morgan fingerprint density at radius 3 is 2.68 bits per heavy atom. The number of hydrogen-bond acceptors (Lipinski definition) is 6. The van der Waals surface area contributed by atoms with Gasteiger partial charge in [0.1, 0.15) is 10.8 Å². The minimum atomic E-state index is 0.725. The standard InChI is InChI=1S/C17H15N5S.C2H6/c1-11-2-5-15(20-9-11)21-10-12-3-4-14-13(8-12)22-16-17(23-14)19-7-6-18-16;1-2/h2-9H,10H2,1H3,(H,18,22)(H,20,21);1-2H3. The first-order chi connectivity index (χ1) is 12.3. The molecular formula is C19H21N5S. The number of nitrogens with zero attached hydrogens (tertiary/aromatic N) is 3. The first kappa shape index (κ1) is 17.2. The highest BCUT2D eigenvalue weighted by atomic mass is 32.2. The normalized spacial score (nSPS) is 11.3. The lowest BCUT2D eigenvalue weighted by Gasteiger charge is -2.19. The number of aryl methyl sites for hydroxylation is 1. The number of hydrogen-bond donors (Lipinski definition) is 2. The molecule has 128 valence electrons. The molecule has 0 fully saturated rings. The van der Waals surface area contributed by atoms with Crippen molar-refractivity contribution in [3.05, 3.63) is 60.0 Å². The molecule has 1 aromatic carbocycles. The van der Waals surface area contributed by atoms with Crippen molar-refractivity contribution in [3.8, 4) is 0 Å². The van der Waals surface area contributed by atoms with Crippen molar-refractivity contribution in [2.75, 3.05) is 10.6 Å². The van der Waals surface area contributed by atoms with E-state index in [1.165, 1.54) is 5.56 Å². The lowest BCUT2D eigenvalue weighted by molar-refractivity contribution is 1.04. The molecule has 1 aliphatic heterocycles. The Kier molecular flexibility index (Phi) is 5.50. The minimum Gasteiger partial charge on any atom is -0.366 e. The van der Waals surface area contributed by atoms with Crippen molar-refractivity contribution in [2.24, 2.45) is 0 Å². The molecule has 2 N–H and O–H groups in total. The van der Waals surface area contributed by atoms with Crippen molar-refractivity contribution in [2.45, 2.75) is 37.2 Å². The van der Waals surface area contributed by atoms with Gasteiger partial charge in [0.05, 0.1) is 5.69 Å². The fourth-order valence-electron chi connectivity index (χ4n) is 2.36. The number of pyridine rings is 1. The van der Waals surface area contributed by atoms with Crippen LogP contribution in [0.15, 0.2) is 58.8 Å².